The second-order valence-corrected chi connectivity index (χ2v) is 11.0. The van der Waals surface area contributed by atoms with Crippen molar-refractivity contribution in [2.75, 3.05) is 57.3 Å². The third kappa shape index (κ3) is 7.60. The van der Waals surface area contributed by atoms with Gasteiger partial charge in [-0.25, -0.2) is 10.2 Å². The molecule has 0 saturated carbocycles. The van der Waals surface area contributed by atoms with Gasteiger partial charge in [0.25, 0.3) is 5.91 Å². The fourth-order valence-electron chi connectivity index (χ4n) is 4.73. The number of amides is 2. The first-order valence-electron chi connectivity index (χ1n) is 13.3. The summed E-state index contributed by atoms with van der Waals surface area (Å²) in [5.74, 6) is 0.0572. The number of carbonyl (C=O) groups is 2. The Bertz CT molecular complexity index is 1330. The van der Waals surface area contributed by atoms with E-state index < -0.39 is 12.0 Å². The number of carbonyl (C=O) groups excluding carboxylic acids is 2. The summed E-state index contributed by atoms with van der Waals surface area (Å²) in [7, 11) is 0. The molecule has 0 atom stereocenters. The Morgan fingerprint density at radius 2 is 1.70 bits per heavy atom. The van der Waals surface area contributed by atoms with Crippen LogP contribution in [0, 0.1) is 0 Å². The van der Waals surface area contributed by atoms with Crippen molar-refractivity contribution in [1.82, 2.24) is 20.7 Å². The maximum absolute atomic E-state index is 11.9. The van der Waals surface area contributed by atoms with Gasteiger partial charge in [0.15, 0.2) is 0 Å². The number of anilines is 2. The van der Waals surface area contributed by atoms with Crippen molar-refractivity contribution in [2.45, 2.75) is 16.2 Å². The fourth-order valence-corrected chi connectivity index (χ4v) is 5.98. The van der Waals surface area contributed by atoms with E-state index in [4.69, 9.17) is 20.8 Å². The Kier molecular flexibility index (Phi) is 9.67. The van der Waals surface area contributed by atoms with Gasteiger partial charge in [0.2, 0.25) is 0 Å². The minimum atomic E-state index is -0.695. The number of hydrazine groups is 1. The highest BCUT2D eigenvalue weighted by molar-refractivity contribution is 7.99. The van der Waals surface area contributed by atoms with E-state index in [0.29, 0.717) is 12.3 Å². The van der Waals surface area contributed by atoms with E-state index in [1.807, 2.05) is 6.07 Å². The number of halogens is 1. The molecule has 2 aliphatic rings. The summed E-state index contributed by atoms with van der Waals surface area (Å²) in [4.78, 5) is 33.3. The van der Waals surface area contributed by atoms with Gasteiger partial charge in [0.05, 0.1) is 17.6 Å². The summed E-state index contributed by atoms with van der Waals surface area (Å²) >= 11 is 8.14. The summed E-state index contributed by atoms with van der Waals surface area (Å²) in [5, 5.41) is 0.754. The summed E-state index contributed by atoms with van der Waals surface area (Å²) in [5.41, 5.74) is 6.93. The lowest BCUT2D eigenvalue weighted by Gasteiger charge is -2.36. The normalized spacial score (nSPS) is 15.5. The van der Waals surface area contributed by atoms with Crippen LogP contribution in [0.3, 0.4) is 0 Å². The SMILES string of the molecule is O=C(/C=C/c1ccco1)NNC(=O)OCCN1CCN(CCCN2c3ccccc3Sc3ccc(Cl)cc32)CC1. The molecule has 0 bridgehead atoms. The molecule has 3 aromatic rings. The van der Waals surface area contributed by atoms with Gasteiger partial charge in [-0.2, -0.15) is 0 Å². The maximum Gasteiger partial charge on any atom is 0.426 e. The first kappa shape index (κ1) is 28.1. The number of piperazine rings is 1. The number of nitrogens with one attached hydrogen (secondary N) is 2. The number of hydrogen-bond acceptors (Lipinski definition) is 8. The Labute approximate surface area is 243 Å². The average Bonchev–Trinajstić information content (AvgIpc) is 3.49. The Balaban J connectivity index is 0.984. The van der Waals surface area contributed by atoms with Gasteiger partial charge in [-0.15, -0.1) is 0 Å². The number of nitrogens with zero attached hydrogens (tertiary/aromatic N) is 3. The summed E-state index contributed by atoms with van der Waals surface area (Å²) < 4.78 is 10.3. The van der Waals surface area contributed by atoms with E-state index in [1.54, 1.807) is 23.9 Å². The van der Waals surface area contributed by atoms with E-state index in [2.05, 4.69) is 61.9 Å². The number of fused-ring (bicyclic) bond motifs is 2. The third-order valence-electron chi connectivity index (χ3n) is 6.78. The molecule has 3 heterocycles. The van der Waals surface area contributed by atoms with Gasteiger partial charge in [-0.05, 0) is 61.5 Å². The molecule has 210 valence electrons. The predicted octanol–water partition coefficient (Wildman–Crippen LogP) is 5.01. The lowest BCUT2D eigenvalue weighted by atomic mass is 10.2. The molecular weight excluding hydrogens is 550 g/mol. The number of benzene rings is 2. The van der Waals surface area contributed by atoms with Gasteiger partial charge >= 0.3 is 6.09 Å². The minimum Gasteiger partial charge on any atom is -0.465 e. The molecule has 9 nitrogen and oxygen atoms in total. The van der Waals surface area contributed by atoms with Crippen molar-refractivity contribution in [2.24, 2.45) is 0 Å². The van der Waals surface area contributed by atoms with Crippen molar-refractivity contribution >= 4 is 52.8 Å². The summed E-state index contributed by atoms with van der Waals surface area (Å²) in [6.07, 6.45) is 4.62. The highest BCUT2D eigenvalue weighted by Crippen LogP contribution is 2.48. The number of para-hydroxylation sites is 1. The second kappa shape index (κ2) is 13.8. The van der Waals surface area contributed by atoms with Crippen LogP contribution in [0.4, 0.5) is 16.2 Å². The minimum absolute atomic E-state index is 0.248. The summed E-state index contributed by atoms with van der Waals surface area (Å²) in [6, 6.07) is 18.1. The first-order valence-corrected chi connectivity index (χ1v) is 14.5. The number of hydrogen-bond donors (Lipinski definition) is 2. The molecule has 2 N–H and O–H groups in total. The molecule has 0 unspecified atom stereocenters. The largest absolute Gasteiger partial charge is 0.465 e. The number of ether oxygens (including phenoxy) is 1. The van der Waals surface area contributed by atoms with Crippen LogP contribution < -0.4 is 15.8 Å². The lowest BCUT2D eigenvalue weighted by Crippen LogP contribution is -2.48. The van der Waals surface area contributed by atoms with Crippen LogP contribution in [0.5, 0.6) is 0 Å². The third-order valence-corrected chi connectivity index (χ3v) is 8.14. The van der Waals surface area contributed by atoms with Crippen molar-refractivity contribution < 1.29 is 18.7 Å². The van der Waals surface area contributed by atoms with E-state index in [0.717, 1.165) is 50.7 Å². The molecule has 0 spiro atoms. The standard InChI is InChI=1S/C29H32ClN5O4S/c30-22-8-10-27-25(21-22)35(24-6-1-2-7-26(24)40-27)13-4-12-33-14-16-34(17-15-33)18-20-39-29(37)32-31-28(36)11-9-23-5-3-19-38-23/h1-3,5-11,19,21H,4,12-18,20H2,(H,31,36)(H,32,37)/b11-9+. The molecular formula is C29H32ClN5O4S. The van der Waals surface area contributed by atoms with Crippen LogP contribution in [-0.4, -0.2) is 74.2 Å². The monoisotopic (exact) mass is 581 g/mol. The lowest BCUT2D eigenvalue weighted by molar-refractivity contribution is -0.117. The molecule has 0 radical (unpaired) electrons. The van der Waals surface area contributed by atoms with Crippen molar-refractivity contribution in [3.63, 3.8) is 0 Å². The Morgan fingerprint density at radius 1 is 0.925 bits per heavy atom. The molecule has 40 heavy (non-hydrogen) atoms. The predicted molar refractivity (Wildman–Crippen MR) is 157 cm³/mol. The zero-order chi connectivity index (χ0) is 27.7. The van der Waals surface area contributed by atoms with Crippen molar-refractivity contribution in [3.8, 4) is 0 Å². The van der Waals surface area contributed by atoms with Crippen LogP contribution in [0.1, 0.15) is 12.2 Å². The second-order valence-electron chi connectivity index (χ2n) is 9.47. The quantitative estimate of drug-likeness (QED) is 0.269. The van der Waals surface area contributed by atoms with Crippen LogP contribution in [0.2, 0.25) is 5.02 Å². The Hall–Kier alpha value is -3.44. The molecule has 0 aliphatic carbocycles. The molecule has 11 heteroatoms. The van der Waals surface area contributed by atoms with Gasteiger partial charge < -0.3 is 19.0 Å². The highest BCUT2D eigenvalue weighted by Gasteiger charge is 2.24. The smallest absolute Gasteiger partial charge is 0.426 e. The van der Waals surface area contributed by atoms with Gasteiger partial charge in [0.1, 0.15) is 12.4 Å². The highest BCUT2D eigenvalue weighted by atomic mass is 35.5. The van der Waals surface area contributed by atoms with Crippen molar-refractivity contribution in [1.29, 1.82) is 0 Å². The molecule has 1 fully saturated rings. The van der Waals surface area contributed by atoms with E-state index in [9.17, 15) is 9.59 Å². The van der Waals surface area contributed by atoms with Crippen LogP contribution in [-0.2, 0) is 9.53 Å². The number of rotatable bonds is 9. The molecule has 2 amide bonds. The van der Waals surface area contributed by atoms with Crippen LogP contribution >= 0.6 is 23.4 Å². The fraction of sp³-hybridized carbons (Fsp3) is 0.310. The van der Waals surface area contributed by atoms with E-state index >= 15 is 0 Å². The number of furan rings is 1. The molecule has 2 aliphatic heterocycles. The van der Waals surface area contributed by atoms with E-state index in [-0.39, 0.29) is 6.61 Å². The van der Waals surface area contributed by atoms with Gasteiger partial charge in [0, 0.05) is 60.2 Å². The van der Waals surface area contributed by atoms with E-state index in [1.165, 1.54) is 39.6 Å². The van der Waals surface area contributed by atoms with Gasteiger partial charge in [-0.3, -0.25) is 15.1 Å². The topological polar surface area (TPSA) is 90.3 Å². The first-order chi connectivity index (χ1) is 19.5. The maximum atomic E-state index is 11.9. The van der Waals surface area contributed by atoms with Crippen LogP contribution in [0.15, 0.2) is 81.1 Å². The van der Waals surface area contributed by atoms with Crippen LogP contribution in [0.25, 0.3) is 6.08 Å². The van der Waals surface area contributed by atoms with Crippen molar-refractivity contribution in [3.05, 3.63) is 77.7 Å². The average molecular weight is 582 g/mol. The molecule has 1 saturated heterocycles. The molecule has 2 aromatic carbocycles. The molecule has 1 aromatic heterocycles. The Morgan fingerprint density at radius 3 is 2.50 bits per heavy atom. The zero-order valence-corrected chi connectivity index (χ0v) is 23.6. The molecule has 5 rings (SSSR count). The van der Waals surface area contributed by atoms with Gasteiger partial charge in [-0.1, -0.05) is 35.5 Å². The summed E-state index contributed by atoms with van der Waals surface area (Å²) in [6.45, 7) is 6.61. The zero-order valence-electron chi connectivity index (χ0n) is 22.1.